The normalized spacial score (nSPS) is 9.35. The SMILES string of the molecule is N#Cc1ccsc1-n1cccc1C(=O)N=[N+]=[N-]. The molecule has 0 aliphatic heterocycles. The number of carbonyl (C=O) groups is 1. The Kier molecular flexibility index (Phi) is 2.92. The summed E-state index contributed by atoms with van der Waals surface area (Å²) in [5, 5.41) is 14.3. The zero-order valence-electron chi connectivity index (χ0n) is 8.44. The first-order chi connectivity index (χ1) is 8.27. The number of thiophene rings is 1. The molecule has 2 aromatic rings. The second-order valence-corrected chi connectivity index (χ2v) is 3.90. The van der Waals surface area contributed by atoms with E-state index in [9.17, 15) is 4.79 Å². The molecule has 0 N–H and O–H groups in total. The molecule has 82 valence electrons. The summed E-state index contributed by atoms with van der Waals surface area (Å²) < 4.78 is 1.54. The van der Waals surface area contributed by atoms with Gasteiger partial charge in [0.15, 0.2) is 0 Å². The van der Waals surface area contributed by atoms with Crippen molar-refractivity contribution in [3.63, 3.8) is 0 Å². The molecule has 0 aliphatic carbocycles. The van der Waals surface area contributed by atoms with E-state index in [1.807, 2.05) is 6.07 Å². The topological polar surface area (TPSA) is 94.5 Å². The summed E-state index contributed by atoms with van der Waals surface area (Å²) in [6, 6.07) is 6.90. The molecule has 2 heterocycles. The number of aromatic nitrogens is 1. The Labute approximate surface area is 100.0 Å². The summed E-state index contributed by atoms with van der Waals surface area (Å²) >= 11 is 1.33. The second kappa shape index (κ2) is 4.53. The molecule has 0 atom stereocenters. The third-order valence-corrected chi connectivity index (χ3v) is 3.00. The third kappa shape index (κ3) is 1.90. The first-order valence-electron chi connectivity index (χ1n) is 4.52. The maximum atomic E-state index is 11.5. The molecular weight excluding hydrogens is 238 g/mol. The van der Waals surface area contributed by atoms with Crippen LogP contribution in [0.4, 0.5) is 0 Å². The van der Waals surface area contributed by atoms with Crippen LogP contribution in [0, 0.1) is 11.3 Å². The van der Waals surface area contributed by atoms with E-state index in [4.69, 9.17) is 10.8 Å². The molecule has 7 heteroatoms. The van der Waals surface area contributed by atoms with Gasteiger partial charge in [-0.25, -0.2) is 0 Å². The molecule has 0 spiro atoms. The van der Waals surface area contributed by atoms with E-state index in [-0.39, 0.29) is 5.69 Å². The van der Waals surface area contributed by atoms with Crippen LogP contribution in [0.1, 0.15) is 16.1 Å². The zero-order chi connectivity index (χ0) is 12.3. The van der Waals surface area contributed by atoms with Gasteiger partial charge in [-0.3, -0.25) is 4.79 Å². The number of nitriles is 1. The smallest absolute Gasteiger partial charge is 0.265 e. The van der Waals surface area contributed by atoms with Crippen molar-refractivity contribution >= 4 is 17.2 Å². The van der Waals surface area contributed by atoms with E-state index in [2.05, 4.69) is 10.0 Å². The summed E-state index contributed by atoms with van der Waals surface area (Å²) in [5.41, 5.74) is 8.95. The van der Waals surface area contributed by atoms with Gasteiger partial charge in [-0.2, -0.15) is 5.26 Å². The highest BCUT2D eigenvalue weighted by Gasteiger charge is 2.13. The molecule has 2 rings (SSSR count). The van der Waals surface area contributed by atoms with Gasteiger partial charge in [-0.1, -0.05) is 0 Å². The molecule has 1 amide bonds. The van der Waals surface area contributed by atoms with Gasteiger partial charge in [-0.05, 0) is 34.2 Å². The fourth-order valence-electron chi connectivity index (χ4n) is 1.40. The van der Waals surface area contributed by atoms with E-state index >= 15 is 0 Å². The summed E-state index contributed by atoms with van der Waals surface area (Å²) in [7, 11) is 0. The van der Waals surface area contributed by atoms with Crippen LogP contribution >= 0.6 is 11.3 Å². The van der Waals surface area contributed by atoms with Crippen molar-refractivity contribution in [1.82, 2.24) is 4.57 Å². The molecule has 0 unspecified atom stereocenters. The minimum Gasteiger partial charge on any atom is -0.304 e. The highest BCUT2D eigenvalue weighted by atomic mass is 32.1. The summed E-state index contributed by atoms with van der Waals surface area (Å²) in [5.74, 6) is -0.671. The Morgan fingerprint density at radius 2 is 2.41 bits per heavy atom. The van der Waals surface area contributed by atoms with Gasteiger partial charge >= 0.3 is 0 Å². The summed E-state index contributed by atoms with van der Waals surface area (Å²) in [4.78, 5) is 14.0. The standard InChI is InChI=1S/C10H5N5OS/c11-6-7-3-5-17-10(7)15-4-1-2-8(15)9(16)13-14-12/h1-5H. The van der Waals surface area contributed by atoms with Crippen molar-refractivity contribution in [1.29, 1.82) is 5.26 Å². The average Bonchev–Trinajstić information content (AvgIpc) is 2.97. The molecule has 0 aliphatic rings. The van der Waals surface area contributed by atoms with Crippen LogP contribution in [0.5, 0.6) is 0 Å². The van der Waals surface area contributed by atoms with E-state index in [1.165, 1.54) is 17.4 Å². The van der Waals surface area contributed by atoms with E-state index in [1.54, 1.807) is 28.3 Å². The van der Waals surface area contributed by atoms with Gasteiger partial charge in [-0.15, -0.1) is 11.3 Å². The number of hydrogen-bond acceptors (Lipinski definition) is 3. The van der Waals surface area contributed by atoms with Crippen LogP contribution in [0.15, 0.2) is 34.9 Å². The van der Waals surface area contributed by atoms with Crippen molar-refractivity contribution in [2.45, 2.75) is 0 Å². The first kappa shape index (κ1) is 11.0. The molecule has 0 aromatic carbocycles. The van der Waals surface area contributed by atoms with Crippen LogP contribution < -0.4 is 0 Å². The Hall–Kier alpha value is -2.55. The lowest BCUT2D eigenvalue weighted by Crippen LogP contribution is -2.03. The van der Waals surface area contributed by atoms with Gasteiger partial charge in [0, 0.05) is 11.1 Å². The maximum Gasteiger partial charge on any atom is 0.265 e. The van der Waals surface area contributed by atoms with Crippen molar-refractivity contribution < 1.29 is 4.79 Å². The number of nitrogens with zero attached hydrogens (tertiary/aromatic N) is 5. The van der Waals surface area contributed by atoms with Gasteiger partial charge < -0.3 is 4.57 Å². The fraction of sp³-hybridized carbons (Fsp3) is 0. The van der Waals surface area contributed by atoms with Crippen molar-refractivity contribution in [3.8, 4) is 11.1 Å². The van der Waals surface area contributed by atoms with Gasteiger partial charge in [0.1, 0.15) is 11.1 Å². The van der Waals surface area contributed by atoms with Gasteiger partial charge in [0.25, 0.3) is 5.91 Å². The Bertz CT molecular complexity index is 656. The lowest BCUT2D eigenvalue weighted by atomic mass is 10.3. The first-order valence-corrected chi connectivity index (χ1v) is 5.40. The van der Waals surface area contributed by atoms with E-state index in [0.717, 1.165) is 0 Å². The minimum absolute atomic E-state index is 0.238. The Morgan fingerprint density at radius 1 is 1.59 bits per heavy atom. The van der Waals surface area contributed by atoms with Gasteiger partial charge in [0.2, 0.25) is 0 Å². The number of amides is 1. The molecule has 2 aromatic heterocycles. The van der Waals surface area contributed by atoms with Crippen LogP contribution in [0.3, 0.4) is 0 Å². The molecule has 0 saturated carbocycles. The van der Waals surface area contributed by atoms with Crippen LogP contribution in [0.2, 0.25) is 0 Å². The maximum absolute atomic E-state index is 11.5. The van der Waals surface area contributed by atoms with Crippen molar-refractivity contribution in [2.24, 2.45) is 5.11 Å². The predicted molar refractivity (Wildman–Crippen MR) is 61.8 cm³/mol. The van der Waals surface area contributed by atoms with Crippen molar-refractivity contribution in [3.05, 3.63) is 51.5 Å². The monoisotopic (exact) mass is 243 g/mol. The number of carbonyl (C=O) groups excluding carboxylic acids is 1. The van der Waals surface area contributed by atoms with Crippen molar-refractivity contribution in [2.75, 3.05) is 0 Å². The Balaban J connectivity index is 2.55. The lowest BCUT2D eigenvalue weighted by Gasteiger charge is -2.03. The minimum atomic E-state index is -0.671. The summed E-state index contributed by atoms with van der Waals surface area (Å²) in [6.07, 6.45) is 1.65. The Morgan fingerprint density at radius 3 is 3.12 bits per heavy atom. The lowest BCUT2D eigenvalue weighted by molar-refractivity contribution is 0.0994. The predicted octanol–water partition coefficient (Wildman–Crippen LogP) is 2.86. The molecule has 0 radical (unpaired) electrons. The van der Waals surface area contributed by atoms with Gasteiger partial charge in [0.05, 0.1) is 11.3 Å². The number of rotatable bonds is 2. The molecule has 0 saturated heterocycles. The average molecular weight is 243 g/mol. The van der Waals surface area contributed by atoms with E-state index < -0.39 is 5.91 Å². The largest absolute Gasteiger partial charge is 0.304 e. The highest BCUT2D eigenvalue weighted by Crippen LogP contribution is 2.23. The third-order valence-electron chi connectivity index (χ3n) is 2.09. The highest BCUT2D eigenvalue weighted by molar-refractivity contribution is 7.12. The zero-order valence-corrected chi connectivity index (χ0v) is 9.26. The number of hydrogen-bond donors (Lipinski definition) is 0. The fourth-order valence-corrected chi connectivity index (χ4v) is 2.24. The molecule has 17 heavy (non-hydrogen) atoms. The molecule has 6 nitrogen and oxygen atoms in total. The molecule has 0 bridgehead atoms. The second-order valence-electron chi connectivity index (χ2n) is 3.01. The van der Waals surface area contributed by atoms with E-state index in [0.29, 0.717) is 10.6 Å². The molecular formula is C10H5N5OS. The van der Waals surface area contributed by atoms with Crippen LogP contribution in [-0.4, -0.2) is 10.5 Å². The quantitative estimate of drug-likeness (QED) is 0.460. The molecule has 0 fully saturated rings. The van der Waals surface area contributed by atoms with Crippen LogP contribution in [0.25, 0.3) is 15.4 Å². The number of azide groups is 1. The van der Waals surface area contributed by atoms with Crippen LogP contribution in [-0.2, 0) is 0 Å². The summed E-state index contributed by atoms with van der Waals surface area (Å²) in [6.45, 7) is 0.